The van der Waals surface area contributed by atoms with Gasteiger partial charge in [-0.05, 0) is 0 Å². The van der Waals surface area contributed by atoms with E-state index in [0.29, 0.717) is 0 Å². The second-order valence-electron chi connectivity index (χ2n) is 3.59. The predicted octanol–water partition coefficient (Wildman–Crippen LogP) is 2.91. The number of primary amides is 1. The fraction of sp³-hybridized carbons (Fsp3) is 0.857. The maximum Gasteiger partial charge on any atom is 0.392 e. The molecule has 0 atom stereocenters. The van der Waals surface area contributed by atoms with E-state index >= 15 is 0 Å². The number of carbonyl (C=O) groups excluding carboxylic acids is 1. The monoisotopic (exact) mass is 345 g/mol. The minimum atomic E-state index is -7.72. The molecule has 2 N–H and O–H groups in total. The lowest BCUT2D eigenvalue weighted by Gasteiger charge is -2.38. The average molecular weight is 345 g/mol. The first-order chi connectivity index (χ1) is 8.89. The average Bonchev–Trinajstić information content (AvgIpc) is 2.27. The molecule has 0 aromatic heterocycles. The number of halogens is 12. The Morgan fingerprint density at radius 3 is 1.29 bits per heavy atom. The Labute approximate surface area is 106 Å². The molecule has 0 fully saturated rings. The summed E-state index contributed by atoms with van der Waals surface area (Å²) in [5.41, 5.74) is 3.58. The van der Waals surface area contributed by atoms with Crippen LogP contribution in [0.1, 0.15) is 0 Å². The Morgan fingerprint density at radius 2 is 1.05 bits per heavy atom. The Balaban J connectivity index is 6.15. The Morgan fingerprint density at radius 1 is 0.714 bits per heavy atom. The van der Waals surface area contributed by atoms with E-state index in [1.807, 2.05) is 0 Å². The van der Waals surface area contributed by atoms with Crippen molar-refractivity contribution in [2.24, 2.45) is 5.73 Å². The zero-order valence-electron chi connectivity index (χ0n) is 9.10. The van der Waals surface area contributed by atoms with E-state index in [2.05, 4.69) is 5.73 Å². The molecular formula is C7H3F12NO. The highest BCUT2D eigenvalue weighted by molar-refractivity contribution is 5.83. The summed E-state index contributed by atoms with van der Waals surface area (Å²) in [5, 5.41) is 0. The van der Waals surface area contributed by atoms with Crippen LogP contribution in [0.3, 0.4) is 0 Å². The van der Waals surface area contributed by atoms with Gasteiger partial charge in [-0.1, -0.05) is 0 Å². The molecule has 0 radical (unpaired) electrons. The molecular weight excluding hydrogens is 342 g/mol. The third-order valence-corrected chi connectivity index (χ3v) is 2.19. The molecule has 21 heavy (non-hydrogen) atoms. The van der Waals surface area contributed by atoms with Crippen molar-refractivity contribution in [3.8, 4) is 0 Å². The third-order valence-electron chi connectivity index (χ3n) is 2.19. The zero-order chi connectivity index (χ0) is 17.7. The SMILES string of the molecule is NC(=O)C(F)(F)C(F)(F)C(F)(F)C(F)(F)C(F)(F)C(F)F. The smallest absolute Gasteiger partial charge is 0.364 e. The number of nitrogens with two attached hydrogens (primary N) is 1. The molecule has 0 heterocycles. The van der Waals surface area contributed by atoms with Crippen molar-refractivity contribution in [1.82, 2.24) is 0 Å². The lowest BCUT2D eigenvalue weighted by atomic mass is 9.94. The summed E-state index contributed by atoms with van der Waals surface area (Å²) in [5.74, 6) is -40.2. The number of hydrogen-bond donors (Lipinski definition) is 1. The van der Waals surface area contributed by atoms with Crippen molar-refractivity contribution in [3.05, 3.63) is 0 Å². The van der Waals surface area contributed by atoms with Crippen molar-refractivity contribution in [3.63, 3.8) is 0 Å². The highest BCUT2D eigenvalue weighted by Crippen LogP contribution is 2.57. The van der Waals surface area contributed by atoms with E-state index in [0.717, 1.165) is 0 Å². The molecule has 0 aliphatic heterocycles. The Bertz CT molecular complexity index is 416. The number of amides is 1. The molecule has 0 aliphatic rings. The van der Waals surface area contributed by atoms with Crippen molar-refractivity contribution < 1.29 is 57.5 Å². The number of alkyl halides is 12. The highest BCUT2D eigenvalue weighted by Gasteiger charge is 2.88. The molecule has 0 aliphatic carbocycles. The molecule has 0 spiro atoms. The van der Waals surface area contributed by atoms with Crippen LogP contribution in [-0.4, -0.2) is 41.9 Å². The van der Waals surface area contributed by atoms with Gasteiger partial charge in [0.15, 0.2) is 0 Å². The summed E-state index contributed by atoms with van der Waals surface area (Å²) in [6.07, 6.45) is -5.59. The van der Waals surface area contributed by atoms with Crippen LogP contribution in [-0.2, 0) is 4.79 Å². The van der Waals surface area contributed by atoms with Crippen LogP contribution in [0.2, 0.25) is 0 Å². The fourth-order valence-corrected chi connectivity index (χ4v) is 0.895. The third kappa shape index (κ3) is 2.37. The van der Waals surface area contributed by atoms with Crippen LogP contribution < -0.4 is 5.73 Å². The van der Waals surface area contributed by atoms with Crippen molar-refractivity contribution in [2.75, 3.05) is 0 Å². The summed E-state index contributed by atoms with van der Waals surface area (Å²) < 4.78 is 149. The van der Waals surface area contributed by atoms with E-state index in [1.165, 1.54) is 0 Å². The lowest BCUT2D eigenvalue weighted by molar-refractivity contribution is -0.406. The minimum absolute atomic E-state index is 3.55. The van der Waals surface area contributed by atoms with E-state index in [1.54, 1.807) is 0 Å². The molecule has 14 heteroatoms. The predicted molar refractivity (Wildman–Crippen MR) is 39.9 cm³/mol. The summed E-state index contributed by atoms with van der Waals surface area (Å²) in [6.45, 7) is 0. The maximum atomic E-state index is 12.7. The summed E-state index contributed by atoms with van der Waals surface area (Å²) in [4.78, 5) is 9.90. The fourth-order valence-electron chi connectivity index (χ4n) is 0.895. The first-order valence-corrected chi connectivity index (χ1v) is 4.36. The number of rotatable bonds is 6. The van der Waals surface area contributed by atoms with Crippen LogP contribution in [0.25, 0.3) is 0 Å². The maximum absolute atomic E-state index is 12.7. The van der Waals surface area contributed by atoms with Gasteiger partial charge in [-0.15, -0.1) is 0 Å². The Hall–Kier alpha value is -1.37. The topological polar surface area (TPSA) is 43.1 Å². The molecule has 1 amide bonds. The molecule has 0 unspecified atom stereocenters. The van der Waals surface area contributed by atoms with Crippen molar-refractivity contribution in [1.29, 1.82) is 0 Å². The molecule has 2 nitrogen and oxygen atoms in total. The van der Waals surface area contributed by atoms with Crippen LogP contribution in [0, 0.1) is 0 Å². The molecule has 0 saturated heterocycles. The second kappa shape index (κ2) is 4.83. The van der Waals surface area contributed by atoms with Gasteiger partial charge in [0.2, 0.25) is 0 Å². The minimum Gasteiger partial charge on any atom is -0.364 e. The van der Waals surface area contributed by atoms with Gasteiger partial charge in [-0.3, -0.25) is 4.79 Å². The number of carbonyl (C=O) groups is 1. The van der Waals surface area contributed by atoms with Gasteiger partial charge in [0.1, 0.15) is 0 Å². The zero-order valence-corrected chi connectivity index (χ0v) is 9.10. The second-order valence-corrected chi connectivity index (χ2v) is 3.59. The van der Waals surface area contributed by atoms with Gasteiger partial charge < -0.3 is 5.73 Å². The first-order valence-electron chi connectivity index (χ1n) is 4.36. The van der Waals surface area contributed by atoms with E-state index in [4.69, 9.17) is 0 Å². The molecule has 0 saturated carbocycles. The molecule has 0 aromatic carbocycles. The van der Waals surface area contributed by atoms with Gasteiger partial charge in [-0.25, -0.2) is 8.78 Å². The van der Waals surface area contributed by atoms with Gasteiger partial charge in [0.05, 0.1) is 0 Å². The Kier molecular flexibility index (Phi) is 4.51. The van der Waals surface area contributed by atoms with Crippen LogP contribution in [0.4, 0.5) is 52.7 Å². The van der Waals surface area contributed by atoms with Gasteiger partial charge in [0.25, 0.3) is 5.91 Å². The van der Waals surface area contributed by atoms with Gasteiger partial charge in [-0.2, -0.15) is 43.9 Å². The molecule has 0 aromatic rings. The summed E-state index contributed by atoms with van der Waals surface area (Å²) in [6, 6.07) is 0. The van der Waals surface area contributed by atoms with Crippen LogP contribution in [0.15, 0.2) is 0 Å². The quantitative estimate of drug-likeness (QED) is 0.739. The highest BCUT2D eigenvalue weighted by atomic mass is 19.4. The normalized spacial score (nSPS) is 15.5. The lowest BCUT2D eigenvalue weighted by Crippen LogP contribution is -2.70. The van der Waals surface area contributed by atoms with Crippen molar-refractivity contribution in [2.45, 2.75) is 36.0 Å². The standard InChI is InChI=1S/C7H3F12NO/c8-1(9)3(10,11)5(14,15)7(18,19)6(16,17)4(12,13)2(20)21/h1H,(H2,20,21). The summed E-state index contributed by atoms with van der Waals surface area (Å²) >= 11 is 0. The largest absolute Gasteiger partial charge is 0.392 e. The summed E-state index contributed by atoms with van der Waals surface area (Å²) in [7, 11) is 0. The van der Waals surface area contributed by atoms with E-state index in [-0.39, 0.29) is 0 Å². The van der Waals surface area contributed by atoms with E-state index < -0.39 is 41.9 Å². The first kappa shape index (κ1) is 19.6. The molecule has 126 valence electrons. The van der Waals surface area contributed by atoms with E-state index in [9.17, 15) is 57.5 Å². The molecule has 0 bridgehead atoms. The van der Waals surface area contributed by atoms with Gasteiger partial charge in [0, 0.05) is 0 Å². The van der Waals surface area contributed by atoms with Crippen LogP contribution >= 0.6 is 0 Å². The number of hydrogen-bond acceptors (Lipinski definition) is 1. The van der Waals surface area contributed by atoms with Crippen LogP contribution in [0.5, 0.6) is 0 Å². The van der Waals surface area contributed by atoms with Gasteiger partial charge >= 0.3 is 36.0 Å². The van der Waals surface area contributed by atoms with Crippen molar-refractivity contribution >= 4 is 5.91 Å². The molecule has 0 rings (SSSR count).